The maximum Gasteiger partial charge on any atom is 0.230 e. The molecule has 1 aliphatic heterocycles. The SMILES string of the molecule is COc1ccc(-c2nnc(SCC(=O)NCC3CCCO3)n2-c2ccc(C)cc2)cc1. The zero-order chi connectivity index (χ0) is 21.6. The molecule has 1 amide bonds. The summed E-state index contributed by atoms with van der Waals surface area (Å²) in [5, 5.41) is 12.4. The highest BCUT2D eigenvalue weighted by Gasteiger charge is 2.19. The molecular weight excluding hydrogens is 412 g/mol. The summed E-state index contributed by atoms with van der Waals surface area (Å²) in [7, 11) is 1.64. The van der Waals surface area contributed by atoms with Crippen molar-refractivity contribution in [1.29, 1.82) is 0 Å². The lowest BCUT2D eigenvalue weighted by Crippen LogP contribution is -2.32. The van der Waals surface area contributed by atoms with Gasteiger partial charge in [-0.3, -0.25) is 9.36 Å². The number of hydrogen-bond acceptors (Lipinski definition) is 6. The fourth-order valence-electron chi connectivity index (χ4n) is 3.43. The fourth-order valence-corrected chi connectivity index (χ4v) is 4.21. The summed E-state index contributed by atoms with van der Waals surface area (Å²) in [6.45, 7) is 3.39. The molecule has 31 heavy (non-hydrogen) atoms. The van der Waals surface area contributed by atoms with Crippen molar-refractivity contribution in [3.8, 4) is 22.8 Å². The van der Waals surface area contributed by atoms with Crippen LogP contribution in [0.5, 0.6) is 5.75 Å². The second-order valence-corrected chi connectivity index (χ2v) is 8.38. The Hall–Kier alpha value is -2.84. The average Bonchev–Trinajstić information content (AvgIpc) is 3.47. The molecule has 0 saturated carbocycles. The Morgan fingerprint density at radius 3 is 2.65 bits per heavy atom. The van der Waals surface area contributed by atoms with Gasteiger partial charge in [0.15, 0.2) is 11.0 Å². The summed E-state index contributed by atoms with van der Waals surface area (Å²) in [6, 6.07) is 15.9. The largest absolute Gasteiger partial charge is 0.497 e. The van der Waals surface area contributed by atoms with Crippen LogP contribution in [0.3, 0.4) is 0 Å². The van der Waals surface area contributed by atoms with Crippen molar-refractivity contribution in [2.45, 2.75) is 31.0 Å². The van der Waals surface area contributed by atoms with Crippen LogP contribution in [0.1, 0.15) is 18.4 Å². The number of carbonyl (C=O) groups excluding carboxylic acids is 1. The molecule has 1 aromatic heterocycles. The summed E-state index contributed by atoms with van der Waals surface area (Å²) in [4.78, 5) is 12.4. The number of thioether (sulfide) groups is 1. The predicted molar refractivity (Wildman–Crippen MR) is 121 cm³/mol. The van der Waals surface area contributed by atoms with Crippen LogP contribution in [0.15, 0.2) is 53.7 Å². The molecule has 1 fully saturated rings. The van der Waals surface area contributed by atoms with Crippen molar-refractivity contribution in [1.82, 2.24) is 20.1 Å². The second-order valence-electron chi connectivity index (χ2n) is 7.43. The van der Waals surface area contributed by atoms with E-state index in [0.29, 0.717) is 17.5 Å². The van der Waals surface area contributed by atoms with Crippen LogP contribution < -0.4 is 10.1 Å². The highest BCUT2D eigenvalue weighted by Crippen LogP contribution is 2.29. The average molecular weight is 439 g/mol. The number of ether oxygens (including phenoxy) is 2. The highest BCUT2D eigenvalue weighted by molar-refractivity contribution is 7.99. The molecular formula is C23H26N4O3S. The van der Waals surface area contributed by atoms with Crippen LogP contribution in [-0.4, -0.2) is 52.8 Å². The quantitative estimate of drug-likeness (QED) is 0.541. The van der Waals surface area contributed by atoms with E-state index in [1.807, 2.05) is 47.9 Å². The molecule has 162 valence electrons. The lowest BCUT2D eigenvalue weighted by Gasteiger charge is -2.12. The fraction of sp³-hybridized carbons (Fsp3) is 0.348. The van der Waals surface area contributed by atoms with E-state index in [9.17, 15) is 4.79 Å². The summed E-state index contributed by atoms with van der Waals surface area (Å²) in [6.07, 6.45) is 2.19. The van der Waals surface area contributed by atoms with E-state index in [0.717, 1.165) is 36.4 Å². The van der Waals surface area contributed by atoms with Gasteiger partial charge in [0.25, 0.3) is 0 Å². The number of benzene rings is 2. The van der Waals surface area contributed by atoms with Crippen molar-refractivity contribution in [3.63, 3.8) is 0 Å². The minimum Gasteiger partial charge on any atom is -0.497 e. The monoisotopic (exact) mass is 438 g/mol. The topological polar surface area (TPSA) is 78.3 Å². The lowest BCUT2D eigenvalue weighted by molar-refractivity contribution is -0.119. The Bertz CT molecular complexity index is 1010. The van der Waals surface area contributed by atoms with Gasteiger partial charge in [0, 0.05) is 24.4 Å². The highest BCUT2D eigenvalue weighted by atomic mass is 32.2. The first-order valence-electron chi connectivity index (χ1n) is 10.3. The molecule has 1 saturated heterocycles. The van der Waals surface area contributed by atoms with E-state index >= 15 is 0 Å². The molecule has 0 aliphatic carbocycles. The third kappa shape index (κ3) is 5.26. The van der Waals surface area contributed by atoms with Gasteiger partial charge in [-0.05, 0) is 56.2 Å². The minimum absolute atomic E-state index is 0.0371. The molecule has 8 heteroatoms. The van der Waals surface area contributed by atoms with Gasteiger partial charge in [0.2, 0.25) is 5.91 Å². The number of rotatable bonds is 8. The van der Waals surface area contributed by atoms with E-state index in [4.69, 9.17) is 9.47 Å². The van der Waals surface area contributed by atoms with Crippen molar-refractivity contribution in [2.75, 3.05) is 26.0 Å². The van der Waals surface area contributed by atoms with E-state index in [2.05, 4.69) is 27.6 Å². The molecule has 4 rings (SSSR count). The number of carbonyl (C=O) groups is 1. The van der Waals surface area contributed by atoms with Crippen LogP contribution in [-0.2, 0) is 9.53 Å². The predicted octanol–water partition coefficient (Wildman–Crippen LogP) is 3.64. The number of methoxy groups -OCH3 is 1. The molecule has 1 N–H and O–H groups in total. The maximum absolute atomic E-state index is 12.4. The molecule has 7 nitrogen and oxygen atoms in total. The third-order valence-corrected chi connectivity index (χ3v) is 6.09. The summed E-state index contributed by atoms with van der Waals surface area (Å²) < 4.78 is 12.8. The van der Waals surface area contributed by atoms with Gasteiger partial charge in [-0.2, -0.15) is 0 Å². The van der Waals surface area contributed by atoms with Gasteiger partial charge < -0.3 is 14.8 Å². The van der Waals surface area contributed by atoms with Crippen molar-refractivity contribution < 1.29 is 14.3 Å². The third-order valence-electron chi connectivity index (χ3n) is 5.16. The molecule has 3 aromatic rings. The van der Waals surface area contributed by atoms with E-state index in [-0.39, 0.29) is 17.8 Å². The van der Waals surface area contributed by atoms with Gasteiger partial charge >= 0.3 is 0 Å². The van der Waals surface area contributed by atoms with Crippen LogP contribution in [0.2, 0.25) is 0 Å². The summed E-state index contributed by atoms with van der Waals surface area (Å²) in [5.74, 6) is 1.72. The first-order chi connectivity index (χ1) is 15.1. The van der Waals surface area contributed by atoms with Gasteiger partial charge in [-0.25, -0.2) is 0 Å². The van der Waals surface area contributed by atoms with E-state index in [1.165, 1.54) is 17.3 Å². The van der Waals surface area contributed by atoms with E-state index < -0.39 is 0 Å². The number of aromatic nitrogens is 3. The first kappa shape index (κ1) is 21.4. The second kappa shape index (κ2) is 9.98. The zero-order valence-electron chi connectivity index (χ0n) is 17.7. The number of aryl methyl sites for hydroxylation is 1. The van der Waals surface area contributed by atoms with Gasteiger partial charge in [-0.15, -0.1) is 10.2 Å². The zero-order valence-corrected chi connectivity index (χ0v) is 18.5. The Kier molecular flexibility index (Phi) is 6.89. The molecule has 0 spiro atoms. The minimum atomic E-state index is -0.0371. The number of amides is 1. The van der Waals surface area contributed by atoms with Crippen LogP contribution in [0.4, 0.5) is 0 Å². The maximum atomic E-state index is 12.4. The van der Waals surface area contributed by atoms with E-state index in [1.54, 1.807) is 7.11 Å². The van der Waals surface area contributed by atoms with Gasteiger partial charge in [0.05, 0.1) is 19.0 Å². The molecule has 1 atom stereocenters. The Labute approximate surface area is 186 Å². The Balaban J connectivity index is 1.54. The Morgan fingerprint density at radius 1 is 1.19 bits per heavy atom. The number of nitrogens with zero attached hydrogens (tertiary/aromatic N) is 3. The lowest BCUT2D eigenvalue weighted by atomic mass is 10.2. The van der Waals surface area contributed by atoms with Gasteiger partial charge in [-0.1, -0.05) is 29.5 Å². The van der Waals surface area contributed by atoms with Crippen molar-refractivity contribution in [2.24, 2.45) is 0 Å². The molecule has 2 aromatic carbocycles. The molecule has 0 bridgehead atoms. The molecule has 1 aliphatic rings. The van der Waals surface area contributed by atoms with Crippen LogP contribution in [0, 0.1) is 6.92 Å². The molecule has 2 heterocycles. The van der Waals surface area contributed by atoms with Crippen LogP contribution >= 0.6 is 11.8 Å². The Morgan fingerprint density at radius 2 is 1.97 bits per heavy atom. The summed E-state index contributed by atoms with van der Waals surface area (Å²) >= 11 is 1.37. The first-order valence-corrected chi connectivity index (χ1v) is 11.3. The molecule has 1 unspecified atom stereocenters. The van der Waals surface area contributed by atoms with Crippen molar-refractivity contribution >= 4 is 17.7 Å². The van der Waals surface area contributed by atoms with Crippen LogP contribution in [0.25, 0.3) is 17.1 Å². The standard InChI is InChI=1S/C23H26N4O3S/c1-16-5-9-18(10-6-16)27-22(17-7-11-19(29-2)12-8-17)25-26-23(27)31-15-21(28)24-14-20-4-3-13-30-20/h5-12,20H,3-4,13-15H2,1-2H3,(H,24,28). The smallest absolute Gasteiger partial charge is 0.230 e. The number of nitrogens with one attached hydrogen (secondary N) is 1. The number of hydrogen-bond donors (Lipinski definition) is 1. The van der Waals surface area contributed by atoms with Gasteiger partial charge in [0.1, 0.15) is 5.75 Å². The summed E-state index contributed by atoms with van der Waals surface area (Å²) in [5.41, 5.74) is 3.04. The molecule has 0 radical (unpaired) electrons. The normalized spacial score (nSPS) is 15.7. The van der Waals surface area contributed by atoms with Crippen molar-refractivity contribution in [3.05, 3.63) is 54.1 Å².